The normalized spacial score (nSPS) is 15.9. The second kappa shape index (κ2) is 11.6. The lowest BCUT2D eigenvalue weighted by molar-refractivity contribution is 0.172. The van der Waals surface area contributed by atoms with E-state index in [1.54, 1.807) is 14.2 Å². The number of methoxy groups -OCH3 is 1. The Bertz CT molecular complexity index is 799. The lowest BCUT2D eigenvalue weighted by atomic mass is 10.2. The zero-order valence-electron chi connectivity index (χ0n) is 18.3. The van der Waals surface area contributed by atoms with Crippen molar-refractivity contribution in [2.24, 2.45) is 4.99 Å². The maximum absolute atomic E-state index is 5.95. The van der Waals surface area contributed by atoms with Crippen molar-refractivity contribution in [2.75, 3.05) is 52.3 Å². The summed E-state index contributed by atoms with van der Waals surface area (Å²) in [6.07, 6.45) is 3.34. The summed E-state index contributed by atoms with van der Waals surface area (Å²) in [6.45, 7) is 6.23. The number of guanidine groups is 1. The topological polar surface area (TPSA) is 71.3 Å². The first kappa shape index (κ1) is 22.2. The summed E-state index contributed by atoms with van der Waals surface area (Å²) in [5, 5.41) is 6.82. The molecule has 0 spiro atoms. The molecule has 0 aliphatic carbocycles. The molecule has 0 bridgehead atoms. The van der Waals surface area contributed by atoms with Crippen LogP contribution >= 0.6 is 0 Å². The number of hydrogen-bond acceptors (Lipinski definition) is 5. The van der Waals surface area contributed by atoms with Crippen LogP contribution in [0.4, 0.5) is 5.69 Å². The largest absolute Gasteiger partial charge is 0.493 e. The maximum atomic E-state index is 5.95. The van der Waals surface area contributed by atoms with Gasteiger partial charge in [0.05, 0.1) is 12.6 Å². The molecule has 1 unspecified atom stereocenters. The molecule has 2 N–H and O–H groups in total. The van der Waals surface area contributed by atoms with E-state index >= 15 is 0 Å². The number of nitrogens with one attached hydrogen (secondary N) is 2. The Balaban J connectivity index is 1.58. The minimum Gasteiger partial charge on any atom is -0.493 e. The second-order valence-corrected chi connectivity index (χ2v) is 7.51. The highest BCUT2D eigenvalue weighted by molar-refractivity contribution is 5.93. The summed E-state index contributed by atoms with van der Waals surface area (Å²) >= 11 is 0. The van der Waals surface area contributed by atoms with Crippen LogP contribution in [-0.4, -0.2) is 57.9 Å². The fourth-order valence-corrected chi connectivity index (χ4v) is 3.66. The van der Waals surface area contributed by atoms with Crippen LogP contribution in [0.3, 0.4) is 0 Å². The molecule has 1 saturated heterocycles. The highest BCUT2D eigenvalue weighted by Crippen LogP contribution is 2.26. The molecule has 1 aliphatic rings. The molecule has 1 aromatic heterocycles. The molecule has 30 heavy (non-hydrogen) atoms. The number of hydrogen-bond donors (Lipinski definition) is 2. The lowest BCUT2D eigenvalue weighted by Gasteiger charge is -2.26. The van der Waals surface area contributed by atoms with Crippen molar-refractivity contribution < 1.29 is 13.9 Å². The van der Waals surface area contributed by atoms with Gasteiger partial charge in [-0.05, 0) is 57.1 Å². The number of rotatable bonds is 10. The predicted octanol–water partition coefficient (Wildman–Crippen LogP) is 3.83. The van der Waals surface area contributed by atoms with E-state index in [9.17, 15) is 0 Å². The number of nitrogens with zero attached hydrogens (tertiary/aromatic N) is 2. The van der Waals surface area contributed by atoms with Gasteiger partial charge in [0.2, 0.25) is 0 Å². The zero-order valence-corrected chi connectivity index (χ0v) is 18.3. The summed E-state index contributed by atoms with van der Waals surface area (Å²) in [5.41, 5.74) is 0.930. The van der Waals surface area contributed by atoms with E-state index in [0.29, 0.717) is 13.2 Å². The first-order valence-electron chi connectivity index (χ1n) is 10.7. The number of ether oxygens (including phenoxy) is 2. The van der Waals surface area contributed by atoms with Gasteiger partial charge in [0.25, 0.3) is 0 Å². The summed E-state index contributed by atoms with van der Waals surface area (Å²) < 4.78 is 16.8. The fourth-order valence-electron chi connectivity index (χ4n) is 3.66. The Kier molecular flexibility index (Phi) is 8.59. The third-order valence-corrected chi connectivity index (χ3v) is 5.22. The van der Waals surface area contributed by atoms with Crippen molar-refractivity contribution in [1.29, 1.82) is 0 Å². The molecule has 7 heteroatoms. The Morgan fingerprint density at radius 3 is 2.73 bits per heavy atom. The molecule has 7 nitrogen and oxygen atoms in total. The van der Waals surface area contributed by atoms with Gasteiger partial charge in [-0.1, -0.05) is 6.07 Å². The number of anilines is 1. The molecule has 1 atom stereocenters. The van der Waals surface area contributed by atoms with Gasteiger partial charge in [0.15, 0.2) is 5.96 Å². The van der Waals surface area contributed by atoms with Gasteiger partial charge in [0.1, 0.15) is 17.3 Å². The van der Waals surface area contributed by atoms with Crippen LogP contribution in [0.5, 0.6) is 5.75 Å². The van der Waals surface area contributed by atoms with E-state index in [0.717, 1.165) is 55.0 Å². The average Bonchev–Trinajstić information content (AvgIpc) is 3.43. The predicted molar refractivity (Wildman–Crippen MR) is 120 cm³/mol. The van der Waals surface area contributed by atoms with E-state index in [2.05, 4.69) is 26.6 Å². The van der Waals surface area contributed by atoms with Gasteiger partial charge >= 0.3 is 0 Å². The van der Waals surface area contributed by atoms with Gasteiger partial charge in [-0.25, -0.2) is 0 Å². The molecule has 2 heterocycles. The van der Waals surface area contributed by atoms with Crippen molar-refractivity contribution >= 4 is 11.6 Å². The standard InChI is InChI=1S/C23H34N4O3/c1-18-10-11-22(30-18)21(27-12-4-5-13-27)17-25-23(24-2)26-19-8-6-9-20(16-19)29-15-7-14-28-3/h6,8-11,16,21H,4-5,7,12-15,17H2,1-3H3,(H2,24,25,26). The Morgan fingerprint density at radius 1 is 1.20 bits per heavy atom. The molecule has 1 fully saturated rings. The van der Waals surface area contributed by atoms with Crippen LogP contribution in [0.25, 0.3) is 0 Å². The quantitative estimate of drug-likeness (QED) is 0.350. The van der Waals surface area contributed by atoms with Gasteiger partial charge in [-0.15, -0.1) is 0 Å². The summed E-state index contributed by atoms with van der Waals surface area (Å²) in [4.78, 5) is 6.86. The Morgan fingerprint density at radius 2 is 2.03 bits per heavy atom. The van der Waals surface area contributed by atoms with E-state index in [-0.39, 0.29) is 6.04 Å². The van der Waals surface area contributed by atoms with Gasteiger partial charge in [-0.2, -0.15) is 0 Å². The van der Waals surface area contributed by atoms with Crippen molar-refractivity contribution in [2.45, 2.75) is 32.2 Å². The second-order valence-electron chi connectivity index (χ2n) is 7.51. The maximum Gasteiger partial charge on any atom is 0.195 e. The number of benzene rings is 1. The molecule has 1 aliphatic heterocycles. The summed E-state index contributed by atoms with van der Waals surface area (Å²) in [5.74, 6) is 3.49. The Labute approximate surface area is 179 Å². The smallest absolute Gasteiger partial charge is 0.195 e. The van der Waals surface area contributed by atoms with E-state index in [1.807, 2.05) is 37.3 Å². The number of aliphatic imine (C=N–C) groups is 1. The third kappa shape index (κ3) is 6.50. The zero-order chi connectivity index (χ0) is 21.2. The molecular formula is C23H34N4O3. The molecule has 0 amide bonds. The van der Waals surface area contributed by atoms with Crippen molar-refractivity contribution in [3.63, 3.8) is 0 Å². The minimum absolute atomic E-state index is 0.190. The molecule has 0 saturated carbocycles. The van der Waals surface area contributed by atoms with Crippen LogP contribution in [0.15, 0.2) is 45.8 Å². The van der Waals surface area contributed by atoms with Crippen LogP contribution in [0, 0.1) is 6.92 Å². The van der Waals surface area contributed by atoms with Gasteiger partial charge < -0.3 is 24.5 Å². The van der Waals surface area contributed by atoms with Crippen LogP contribution < -0.4 is 15.4 Å². The first-order chi connectivity index (χ1) is 14.7. The van der Waals surface area contributed by atoms with E-state index in [4.69, 9.17) is 13.9 Å². The average molecular weight is 415 g/mol. The molecule has 164 valence electrons. The lowest BCUT2D eigenvalue weighted by Crippen LogP contribution is -2.39. The van der Waals surface area contributed by atoms with Crippen LogP contribution in [0.1, 0.15) is 36.8 Å². The minimum atomic E-state index is 0.190. The number of likely N-dealkylation sites (tertiary alicyclic amines) is 1. The van der Waals surface area contributed by atoms with Gasteiger partial charge in [0, 0.05) is 45.5 Å². The van der Waals surface area contributed by atoms with Crippen LogP contribution in [0.2, 0.25) is 0 Å². The highest BCUT2D eigenvalue weighted by atomic mass is 16.5. The van der Waals surface area contributed by atoms with E-state index in [1.165, 1.54) is 12.8 Å². The molecule has 1 aromatic carbocycles. The molecular weight excluding hydrogens is 380 g/mol. The monoisotopic (exact) mass is 414 g/mol. The van der Waals surface area contributed by atoms with Crippen molar-refractivity contribution in [3.05, 3.63) is 47.9 Å². The van der Waals surface area contributed by atoms with E-state index < -0.39 is 0 Å². The Hall–Kier alpha value is -2.51. The van der Waals surface area contributed by atoms with Crippen molar-refractivity contribution in [3.8, 4) is 5.75 Å². The van der Waals surface area contributed by atoms with Crippen LogP contribution in [-0.2, 0) is 4.74 Å². The summed E-state index contributed by atoms with van der Waals surface area (Å²) in [6, 6.07) is 12.2. The molecule has 2 aromatic rings. The summed E-state index contributed by atoms with van der Waals surface area (Å²) in [7, 11) is 3.48. The number of aryl methyl sites for hydroxylation is 1. The highest BCUT2D eigenvalue weighted by Gasteiger charge is 2.26. The van der Waals surface area contributed by atoms with Crippen molar-refractivity contribution in [1.82, 2.24) is 10.2 Å². The molecule has 3 rings (SSSR count). The van der Waals surface area contributed by atoms with Gasteiger partial charge in [-0.3, -0.25) is 9.89 Å². The first-order valence-corrected chi connectivity index (χ1v) is 10.7. The number of furan rings is 1. The fraction of sp³-hybridized carbons (Fsp3) is 0.522. The SMILES string of the molecule is CN=C(NCC(c1ccc(C)o1)N1CCCC1)Nc1cccc(OCCCOC)c1. The third-order valence-electron chi connectivity index (χ3n) is 5.22. The molecule has 0 radical (unpaired) electrons.